The van der Waals surface area contributed by atoms with E-state index in [-0.39, 0.29) is 91.3 Å². The highest BCUT2D eigenvalue weighted by molar-refractivity contribution is 5.79. The fourth-order valence-corrected chi connectivity index (χ4v) is 11.5. The Morgan fingerprint density at radius 3 is 2.40 bits per heavy atom. The van der Waals surface area contributed by atoms with Crippen LogP contribution in [0.3, 0.4) is 0 Å². The van der Waals surface area contributed by atoms with Gasteiger partial charge in [-0.05, 0) is 87.2 Å². The summed E-state index contributed by atoms with van der Waals surface area (Å²) in [5.74, 6) is -0.271. The van der Waals surface area contributed by atoms with Crippen LogP contribution in [0.25, 0.3) is 0 Å². The predicted octanol–water partition coefficient (Wildman–Crippen LogP) is 5.09. The van der Waals surface area contributed by atoms with Crippen molar-refractivity contribution >= 4 is 5.78 Å². The van der Waals surface area contributed by atoms with E-state index in [0.29, 0.717) is 38.0 Å². The molecule has 0 radical (unpaired) electrons. The minimum Gasteiger partial charge on any atom is -0.392 e. The van der Waals surface area contributed by atoms with Crippen molar-refractivity contribution in [3.05, 3.63) is 24.3 Å². The Morgan fingerprint density at radius 1 is 0.849 bits per heavy atom. The molecular formula is C42H65NO10. The number of Topliss-reactive ketones (excluding diaryl/α,β-unsaturated/α-hetero) is 1. The molecule has 0 amide bonds. The average Bonchev–Trinajstić information content (AvgIpc) is 3.79. The number of ketones is 1. The van der Waals surface area contributed by atoms with Crippen molar-refractivity contribution < 1.29 is 47.8 Å². The van der Waals surface area contributed by atoms with Crippen LogP contribution >= 0.6 is 0 Å². The zero-order valence-corrected chi connectivity index (χ0v) is 32.5. The lowest BCUT2D eigenvalue weighted by Crippen LogP contribution is -2.69. The summed E-state index contributed by atoms with van der Waals surface area (Å²) in [5.41, 5.74) is 7.39. The number of hydrogen-bond donors (Lipinski definition) is 2. The average molecular weight is 744 g/mol. The summed E-state index contributed by atoms with van der Waals surface area (Å²) < 4.78 is 54.2. The van der Waals surface area contributed by atoms with Crippen molar-refractivity contribution in [2.75, 3.05) is 13.7 Å². The van der Waals surface area contributed by atoms with E-state index >= 15 is 0 Å². The molecule has 0 saturated carbocycles. The molecule has 0 aliphatic carbocycles. The number of ether oxygens (including phenoxy) is 8. The molecule has 0 aromatic carbocycles. The Hall–Kier alpha value is -1.25. The van der Waals surface area contributed by atoms with Gasteiger partial charge in [-0.2, -0.15) is 0 Å². The second kappa shape index (κ2) is 15.3. The van der Waals surface area contributed by atoms with E-state index in [9.17, 15) is 9.90 Å². The van der Waals surface area contributed by atoms with Gasteiger partial charge in [0, 0.05) is 52.2 Å². The minimum atomic E-state index is -0.779. The lowest BCUT2D eigenvalue weighted by atomic mass is 9.77. The Balaban J connectivity index is 1.07. The molecule has 8 saturated heterocycles. The van der Waals surface area contributed by atoms with Crippen molar-refractivity contribution in [2.45, 2.75) is 201 Å². The maximum absolute atomic E-state index is 14.1. The van der Waals surface area contributed by atoms with Gasteiger partial charge in [0.05, 0.1) is 61.0 Å². The Morgan fingerprint density at radius 2 is 1.60 bits per heavy atom. The summed E-state index contributed by atoms with van der Waals surface area (Å²) in [6.07, 6.45) is 7.03. The molecule has 8 heterocycles. The lowest BCUT2D eigenvalue weighted by Gasteiger charge is -2.54. The first-order valence-corrected chi connectivity index (χ1v) is 20.8. The second-order valence-electron chi connectivity index (χ2n) is 18.2. The first-order valence-electron chi connectivity index (χ1n) is 20.8. The first kappa shape index (κ1) is 38.6. The number of fused-ring (bicyclic) bond motifs is 9. The zero-order valence-electron chi connectivity index (χ0n) is 32.5. The molecule has 11 nitrogen and oxygen atoms in total. The normalized spacial score (nSPS) is 51.1. The summed E-state index contributed by atoms with van der Waals surface area (Å²) in [7, 11) is 1.72. The van der Waals surface area contributed by atoms with Crippen LogP contribution in [0.5, 0.6) is 0 Å². The van der Waals surface area contributed by atoms with E-state index in [1.807, 2.05) is 0 Å². The number of hydrogen-bond acceptors (Lipinski definition) is 11. The topological polar surface area (TPSA) is 137 Å². The number of aliphatic hydroxyl groups is 1. The van der Waals surface area contributed by atoms with Crippen LogP contribution in [-0.2, 0) is 42.7 Å². The molecule has 8 rings (SSSR count). The van der Waals surface area contributed by atoms with Crippen molar-refractivity contribution in [2.24, 2.45) is 23.5 Å². The second-order valence-corrected chi connectivity index (χ2v) is 18.2. The molecule has 11 heteroatoms. The van der Waals surface area contributed by atoms with Gasteiger partial charge >= 0.3 is 0 Å². The SMILES string of the molecule is C=C1C[C@@H]2CC[C@]34CC[C@H](O3)[C@]3(C)O[C@H]5CC[C@H](CC(=O)CC6[C@H](CC7O[C@@H](CCC1O2)C[C@@H](C)C7=C)O[C@H](C[C@H](O)CN)[C@@H]6C)O[C@@H]5[C@H](O4)[C@@H]3OC. The van der Waals surface area contributed by atoms with E-state index in [2.05, 4.69) is 33.9 Å². The van der Waals surface area contributed by atoms with E-state index in [1.165, 1.54) is 0 Å². The Bertz CT molecular complexity index is 1380. The van der Waals surface area contributed by atoms with Crippen LogP contribution in [0, 0.1) is 17.8 Å². The van der Waals surface area contributed by atoms with Gasteiger partial charge in [-0.25, -0.2) is 0 Å². The van der Waals surface area contributed by atoms with Crippen molar-refractivity contribution in [1.29, 1.82) is 0 Å². The van der Waals surface area contributed by atoms with Crippen LogP contribution in [0.4, 0.5) is 0 Å². The largest absolute Gasteiger partial charge is 0.392 e. The molecule has 298 valence electrons. The smallest absolute Gasteiger partial charge is 0.169 e. The lowest BCUT2D eigenvalue weighted by molar-refractivity contribution is -0.318. The number of carbonyl (C=O) groups is 1. The minimum absolute atomic E-state index is 0.00740. The van der Waals surface area contributed by atoms with Crippen molar-refractivity contribution in [3.8, 4) is 0 Å². The molecule has 8 fully saturated rings. The molecule has 3 unspecified atom stereocenters. The molecule has 0 aromatic heterocycles. The van der Waals surface area contributed by atoms with E-state index in [0.717, 1.165) is 68.9 Å². The van der Waals surface area contributed by atoms with Gasteiger partial charge in [0.2, 0.25) is 0 Å². The molecule has 0 aromatic rings. The third-order valence-corrected chi connectivity index (χ3v) is 14.6. The number of carbonyl (C=O) groups excluding carboxylic acids is 1. The van der Waals surface area contributed by atoms with E-state index < -0.39 is 23.6 Å². The molecule has 18 atom stereocenters. The predicted molar refractivity (Wildman–Crippen MR) is 196 cm³/mol. The van der Waals surface area contributed by atoms with Crippen LogP contribution < -0.4 is 5.73 Å². The maximum Gasteiger partial charge on any atom is 0.169 e. The standard InChI is InChI=1S/C42H65NO10/c1-22-15-28-7-9-32-23(2)16-30(47-32)11-13-42-14-12-37(52-42)41(5)40(46-6)39(53-42)38-33(51-41)10-8-29(49-38)17-26(44)18-31-25(4)34(19-27(45)21-43)50-36(31)20-35(48-28)24(22)3/h22,25,27-40,45H,2-3,7-21,43H2,1,4-6H3/t22-,25-,27+,28+,29-,30+,31?,32?,33+,34-,35?,36+,37+,38+,39+,40+,41+,42+/m1/s1. The van der Waals surface area contributed by atoms with Crippen LogP contribution in [0.2, 0.25) is 0 Å². The number of aliphatic hydroxyl groups excluding tert-OH is 1. The van der Waals surface area contributed by atoms with E-state index in [4.69, 9.17) is 43.6 Å². The highest BCUT2D eigenvalue weighted by atomic mass is 16.7. The summed E-state index contributed by atoms with van der Waals surface area (Å²) in [4.78, 5) is 14.1. The highest BCUT2D eigenvalue weighted by Crippen LogP contribution is 2.53. The Kier molecular flexibility index (Phi) is 11.1. The first-order chi connectivity index (χ1) is 25.4. The van der Waals surface area contributed by atoms with Gasteiger partial charge in [-0.15, -0.1) is 0 Å². The van der Waals surface area contributed by atoms with Crippen LogP contribution in [0.1, 0.15) is 111 Å². The summed E-state index contributed by atoms with van der Waals surface area (Å²) >= 11 is 0. The number of nitrogens with two attached hydrogens (primary N) is 1. The number of methoxy groups -OCH3 is 1. The van der Waals surface area contributed by atoms with Gasteiger partial charge in [0.15, 0.2) is 5.79 Å². The van der Waals surface area contributed by atoms with Gasteiger partial charge in [-0.3, -0.25) is 4.79 Å². The van der Waals surface area contributed by atoms with Crippen molar-refractivity contribution in [1.82, 2.24) is 0 Å². The third-order valence-electron chi connectivity index (χ3n) is 14.6. The van der Waals surface area contributed by atoms with Crippen molar-refractivity contribution in [3.63, 3.8) is 0 Å². The third kappa shape index (κ3) is 7.39. The van der Waals surface area contributed by atoms with Gasteiger partial charge < -0.3 is 48.7 Å². The summed E-state index contributed by atoms with van der Waals surface area (Å²) in [6.45, 7) is 15.6. The number of rotatable bonds is 4. The fraction of sp³-hybridized carbons (Fsp3) is 0.881. The molecule has 3 N–H and O–H groups in total. The Labute approximate surface area is 315 Å². The van der Waals surface area contributed by atoms with Gasteiger partial charge in [-0.1, -0.05) is 27.0 Å². The van der Waals surface area contributed by atoms with Gasteiger partial charge in [0.1, 0.15) is 29.7 Å². The van der Waals surface area contributed by atoms with Crippen LogP contribution in [-0.4, -0.2) is 115 Å². The molecule has 8 aliphatic rings. The van der Waals surface area contributed by atoms with E-state index in [1.54, 1.807) is 7.11 Å². The molecular weight excluding hydrogens is 678 g/mol. The summed E-state index contributed by atoms with van der Waals surface area (Å²) in [5, 5.41) is 10.5. The quantitative estimate of drug-likeness (QED) is 0.373. The highest BCUT2D eigenvalue weighted by Gasteiger charge is 2.66. The monoisotopic (exact) mass is 743 g/mol. The van der Waals surface area contributed by atoms with Gasteiger partial charge in [0.25, 0.3) is 0 Å². The molecule has 1 spiro atoms. The zero-order chi connectivity index (χ0) is 37.2. The van der Waals surface area contributed by atoms with Crippen LogP contribution in [0.15, 0.2) is 24.3 Å². The fourth-order valence-electron chi connectivity index (χ4n) is 11.5. The maximum atomic E-state index is 14.1. The summed E-state index contributed by atoms with van der Waals surface area (Å²) in [6, 6.07) is 0. The molecule has 53 heavy (non-hydrogen) atoms. The molecule has 10 bridgehead atoms. The molecule has 8 aliphatic heterocycles.